The minimum absolute atomic E-state index is 0.118. The van der Waals surface area contributed by atoms with E-state index in [2.05, 4.69) is 15.9 Å². The van der Waals surface area contributed by atoms with Crippen LogP contribution >= 0.6 is 39.9 Å². The first-order valence-electron chi connectivity index (χ1n) is 8.89. The number of halogens is 1. The van der Waals surface area contributed by atoms with E-state index in [4.69, 9.17) is 21.7 Å². The van der Waals surface area contributed by atoms with Gasteiger partial charge in [0.1, 0.15) is 0 Å². The van der Waals surface area contributed by atoms with Gasteiger partial charge in [0.15, 0.2) is 15.8 Å². The van der Waals surface area contributed by atoms with Gasteiger partial charge in [0.05, 0.1) is 28.3 Å². The molecule has 1 fully saturated rings. The molecule has 1 saturated heterocycles. The van der Waals surface area contributed by atoms with Crippen LogP contribution in [0.2, 0.25) is 0 Å². The van der Waals surface area contributed by atoms with Gasteiger partial charge in [-0.25, -0.2) is 0 Å². The van der Waals surface area contributed by atoms with E-state index in [9.17, 15) is 4.79 Å². The number of amides is 1. The molecule has 2 aromatic rings. The number of anilines is 1. The molecule has 1 amide bonds. The summed E-state index contributed by atoms with van der Waals surface area (Å²) in [6.07, 6.45) is 1.83. The Labute approximate surface area is 183 Å². The molecule has 146 valence electrons. The molecule has 28 heavy (non-hydrogen) atoms. The van der Waals surface area contributed by atoms with Gasteiger partial charge >= 0.3 is 0 Å². The van der Waals surface area contributed by atoms with Crippen molar-refractivity contribution in [1.82, 2.24) is 0 Å². The molecule has 0 radical (unpaired) electrons. The van der Waals surface area contributed by atoms with Gasteiger partial charge in [-0.3, -0.25) is 9.69 Å². The molecule has 0 unspecified atom stereocenters. The van der Waals surface area contributed by atoms with Crippen molar-refractivity contribution >= 4 is 61.9 Å². The SMILES string of the molecule is CCOc1cc(C=C2SC(=S)N(c3ccccc3C)C2=O)cc(Br)c1OCC. The summed E-state index contributed by atoms with van der Waals surface area (Å²) in [5.41, 5.74) is 2.66. The molecule has 0 bridgehead atoms. The van der Waals surface area contributed by atoms with Crippen LogP contribution in [0.25, 0.3) is 6.08 Å². The van der Waals surface area contributed by atoms with Crippen LogP contribution < -0.4 is 14.4 Å². The summed E-state index contributed by atoms with van der Waals surface area (Å²) >= 11 is 10.3. The number of hydrogen-bond donors (Lipinski definition) is 0. The van der Waals surface area contributed by atoms with Crippen molar-refractivity contribution in [3.8, 4) is 11.5 Å². The summed E-state index contributed by atoms with van der Waals surface area (Å²) in [6.45, 7) is 6.87. The minimum atomic E-state index is -0.118. The minimum Gasteiger partial charge on any atom is -0.490 e. The molecular formula is C21H20BrNO3S2. The molecule has 2 aromatic carbocycles. The van der Waals surface area contributed by atoms with Crippen LogP contribution in [0.5, 0.6) is 11.5 Å². The van der Waals surface area contributed by atoms with E-state index in [1.54, 1.807) is 4.90 Å². The van der Waals surface area contributed by atoms with Gasteiger partial charge in [0.25, 0.3) is 5.91 Å². The lowest BCUT2D eigenvalue weighted by Crippen LogP contribution is -2.28. The number of benzene rings is 2. The maximum absolute atomic E-state index is 13.0. The fourth-order valence-electron chi connectivity index (χ4n) is 2.86. The highest BCUT2D eigenvalue weighted by atomic mass is 79.9. The Balaban J connectivity index is 1.97. The summed E-state index contributed by atoms with van der Waals surface area (Å²) in [6, 6.07) is 11.5. The van der Waals surface area contributed by atoms with Crippen molar-refractivity contribution in [2.45, 2.75) is 20.8 Å². The lowest BCUT2D eigenvalue weighted by Gasteiger charge is -2.16. The van der Waals surface area contributed by atoms with Crippen molar-refractivity contribution in [3.05, 3.63) is 56.9 Å². The van der Waals surface area contributed by atoms with Crippen LogP contribution in [0.1, 0.15) is 25.0 Å². The Morgan fingerprint density at radius 2 is 1.89 bits per heavy atom. The molecule has 4 nitrogen and oxygen atoms in total. The quantitative estimate of drug-likeness (QED) is 0.378. The number of nitrogens with zero attached hydrogens (tertiary/aromatic N) is 1. The van der Waals surface area contributed by atoms with Crippen molar-refractivity contribution in [3.63, 3.8) is 0 Å². The fraction of sp³-hybridized carbons (Fsp3) is 0.238. The Hall–Kier alpha value is -1.83. The number of para-hydroxylation sites is 1. The highest BCUT2D eigenvalue weighted by Crippen LogP contribution is 2.40. The zero-order valence-corrected chi connectivity index (χ0v) is 19.0. The van der Waals surface area contributed by atoms with Crippen molar-refractivity contribution in [2.24, 2.45) is 0 Å². The third kappa shape index (κ3) is 4.26. The molecule has 0 N–H and O–H groups in total. The maximum Gasteiger partial charge on any atom is 0.270 e. The van der Waals surface area contributed by atoms with E-state index in [-0.39, 0.29) is 5.91 Å². The smallest absolute Gasteiger partial charge is 0.270 e. The molecule has 1 heterocycles. The molecule has 0 spiro atoms. The van der Waals surface area contributed by atoms with E-state index in [1.165, 1.54) is 11.8 Å². The number of aryl methyl sites for hydroxylation is 1. The average molecular weight is 478 g/mol. The molecule has 1 aliphatic heterocycles. The standard InChI is InChI=1S/C21H20BrNO3S2/c1-4-25-17-11-14(10-15(22)19(17)26-5-2)12-18-20(24)23(21(27)28-18)16-9-7-6-8-13(16)3/h6-12H,4-5H2,1-3H3. The van der Waals surface area contributed by atoms with Crippen LogP contribution in [-0.2, 0) is 4.79 Å². The number of hydrogen-bond acceptors (Lipinski definition) is 5. The van der Waals surface area contributed by atoms with E-state index in [1.807, 2.05) is 63.2 Å². The van der Waals surface area contributed by atoms with Crippen molar-refractivity contribution < 1.29 is 14.3 Å². The maximum atomic E-state index is 13.0. The first-order chi connectivity index (χ1) is 13.5. The van der Waals surface area contributed by atoms with Crippen LogP contribution in [-0.4, -0.2) is 23.4 Å². The highest BCUT2D eigenvalue weighted by Gasteiger charge is 2.34. The monoisotopic (exact) mass is 477 g/mol. The Morgan fingerprint density at radius 3 is 2.57 bits per heavy atom. The third-order valence-corrected chi connectivity index (χ3v) is 5.96. The summed E-state index contributed by atoms with van der Waals surface area (Å²) in [5, 5.41) is 0. The molecule has 0 atom stereocenters. The first-order valence-corrected chi connectivity index (χ1v) is 10.9. The van der Waals surface area contributed by atoms with Gasteiger partial charge in [-0.05, 0) is 72.1 Å². The van der Waals surface area contributed by atoms with Gasteiger partial charge in [-0.2, -0.15) is 0 Å². The van der Waals surface area contributed by atoms with Crippen LogP contribution in [0.4, 0.5) is 5.69 Å². The normalized spacial score (nSPS) is 15.4. The van der Waals surface area contributed by atoms with E-state index in [0.29, 0.717) is 33.9 Å². The van der Waals surface area contributed by atoms with Gasteiger partial charge in [-0.15, -0.1) is 0 Å². The molecule has 0 aliphatic carbocycles. The van der Waals surface area contributed by atoms with E-state index >= 15 is 0 Å². The second-order valence-electron chi connectivity index (χ2n) is 6.00. The highest BCUT2D eigenvalue weighted by molar-refractivity contribution is 9.10. The lowest BCUT2D eigenvalue weighted by atomic mass is 10.1. The number of carbonyl (C=O) groups is 1. The molecule has 7 heteroatoms. The molecule has 0 saturated carbocycles. The second-order valence-corrected chi connectivity index (χ2v) is 8.53. The molecule has 1 aliphatic rings. The third-order valence-electron chi connectivity index (χ3n) is 4.07. The van der Waals surface area contributed by atoms with Gasteiger partial charge < -0.3 is 9.47 Å². The van der Waals surface area contributed by atoms with Crippen LogP contribution in [0, 0.1) is 6.92 Å². The number of carbonyl (C=O) groups excluding carboxylic acids is 1. The summed E-state index contributed by atoms with van der Waals surface area (Å²) in [7, 11) is 0. The Bertz CT molecular complexity index is 959. The molecular weight excluding hydrogens is 458 g/mol. The number of thiocarbonyl (C=S) groups is 1. The van der Waals surface area contributed by atoms with Crippen LogP contribution in [0.3, 0.4) is 0 Å². The molecule has 3 rings (SSSR count). The lowest BCUT2D eigenvalue weighted by molar-refractivity contribution is -0.113. The Morgan fingerprint density at radius 1 is 1.18 bits per heavy atom. The van der Waals surface area contributed by atoms with Gasteiger partial charge in [-0.1, -0.05) is 42.2 Å². The summed E-state index contributed by atoms with van der Waals surface area (Å²) < 4.78 is 12.7. The topological polar surface area (TPSA) is 38.8 Å². The van der Waals surface area contributed by atoms with Gasteiger partial charge in [0.2, 0.25) is 0 Å². The predicted octanol–water partition coefficient (Wildman–Crippen LogP) is 5.96. The van der Waals surface area contributed by atoms with Gasteiger partial charge in [0, 0.05) is 0 Å². The van der Waals surface area contributed by atoms with Crippen LogP contribution in [0.15, 0.2) is 45.8 Å². The average Bonchev–Trinajstić information content (AvgIpc) is 2.92. The zero-order valence-electron chi connectivity index (χ0n) is 15.8. The number of ether oxygens (including phenoxy) is 2. The second kappa shape index (κ2) is 9.11. The van der Waals surface area contributed by atoms with E-state index < -0.39 is 0 Å². The predicted molar refractivity (Wildman–Crippen MR) is 123 cm³/mol. The first kappa shape index (κ1) is 20.9. The van der Waals surface area contributed by atoms with E-state index in [0.717, 1.165) is 21.3 Å². The Kier molecular flexibility index (Phi) is 6.80. The number of rotatable bonds is 6. The largest absolute Gasteiger partial charge is 0.490 e. The zero-order chi connectivity index (χ0) is 20.3. The number of thioether (sulfide) groups is 1. The summed E-state index contributed by atoms with van der Waals surface area (Å²) in [4.78, 5) is 15.2. The molecule has 0 aromatic heterocycles. The van der Waals surface area contributed by atoms with Crippen molar-refractivity contribution in [2.75, 3.05) is 18.1 Å². The fourth-order valence-corrected chi connectivity index (χ4v) is 4.72. The summed E-state index contributed by atoms with van der Waals surface area (Å²) in [5.74, 6) is 1.18. The van der Waals surface area contributed by atoms with Crippen molar-refractivity contribution in [1.29, 1.82) is 0 Å².